The summed E-state index contributed by atoms with van der Waals surface area (Å²) in [5, 5.41) is 0. The van der Waals surface area contributed by atoms with Crippen molar-refractivity contribution in [1.29, 1.82) is 0 Å². The van der Waals surface area contributed by atoms with Crippen LogP contribution in [0.2, 0.25) is 0 Å². The molecule has 2 fully saturated rings. The molecule has 2 bridgehead atoms. The number of nitrogens with zero attached hydrogens (tertiary/aromatic N) is 3. The molecule has 2 aromatic rings. The molecule has 7 nitrogen and oxygen atoms in total. The maximum Gasteiger partial charge on any atom is 0.289 e. The van der Waals surface area contributed by atoms with Gasteiger partial charge in [-0.15, -0.1) is 0 Å². The number of carbonyl (C=O) groups excluding carboxylic acids is 2. The molecule has 0 spiro atoms. The van der Waals surface area contributed by atoms with Crippen molar-refractivity contribution >= 4 is 11.8 Å². The van der Waals surface area contributed by atoms with E-state index >= 15 is 0 Å². The third-order valence-electron chi connectivity index (χ3n) is 7.16. The second kappa shape index (κ2) is 8.02. The SMILES string of the molecule is Cc1ccoc1C(=O)N1C[C@H]2C[C@@H](C1)[C@H](C(=O)N1CCCCCC1)n1c2cccc1=O. The zero-order valence-electron chi connectivity index (χ0n) is 18.0. The Kier molecular flexibility index (Phi) is 5.20. The Hall–Kier alpha value is -2.83. The maximum atomic E-state index is 13.7. The quantitative estimate of drug-likeness (QED) is 0.744. The van der Waals surface area contributed by atoms with Gasteiger partial charge in [-0.25, -0.2) is 0 Å². The van der Waals surface area contributed by atoms with Gasteiger partial charge in [-0.2, -0.15) is 0 Å². The van der Waals surface area contributed by atoms with Gasteiger partial charge in [-0.05, 0) is 38.3 Å². The number of furan rings is 1. The first kappa shape index (κ1) is 20.1. The fourth-order valence-corrected chi connectivity index (χ4v) is 5.63. The smallest absolute Gasteiger partial charge is 0.289 e. The van der Waals surface area contributed by atoms with Crippen molar-refractivity contribution in [2.24, 2.45) is 5.92 Å². The lowest BCUT2D eigenvalue weighted by Gasteiger charge is -2.47. The van der Waals surface area contributed by atoms with Crippen molar-refractivity contribution in [3.8, 4) is 0 Å². The number of hydrogen-bond acceptors (Lipinski definition) is 4. The Bertz CT molecular complexity index is 1050. The van der Waals surface area contributed by atoms with Crippen LogP contribution in [0.25, 0.3) is 0 Å². The molecule has 3 aliphatic rings. The van der Waals surface area contributed by atoms with E-state index in [1.165, 1.54) is 6.26 Å². The summed E-state index contributed by atoms with van der Waals surface area (Å²) in [6.45, 7) is 4.35. The second-order valence-electron chi connectivity index (χ2n) is 9.18. The summed E-state index contributed by atoms with van der Waals surface area (Å²) in [4.78, 5) is 43.6. The highest BCUT2D eigenvalue weighted by Crippen LogP contribution is 2.42. The zero-order chi connectivity index (χ0) is 21.5. The average molecular weight is 424 g/mol. The minimum Gasteiger partial charge on any atom is -0.459 e. The molecule has 0 aromatic carbocycles. The number of fused-ring (bicyclic) bond motifs is 4. The topological polar surface area (TPSA) is 75.8 Å². The van der Waals surface area contributed by atoms with Gasteiger partial charge < -0.3 is 14.2 Å². The van der Waals surface area contributed by atoms with E-state index in [1.54, 1.807) is 22.8 Å². The Morgan fingerprint density at radius 2 is 1.77 bits per heavy atom. The van der Waals surface area contributed by atoms with Gasteiger partial charge in [0.1, 0.15) is 6.04 Å². The van der Waals surface area contributed by atoms with E-state index < -0.39 is 6.04 Å². The summed E-state index contributed by atoms with van der Waals surface area (Å²) in [5.74, 6) is 0.218. The first-order valence-electron chi connectivity index (χ1n) is 11.4. The number of hydrogen-bond donors (Lipinski definition) is 0. The summed E-state index contributed by atoms with van der Waals surface area (Å²) < 4.78 is 7.18. The first-order valence-corrected chi connectivity index (χ1v) is 11.4. The molecule has 0 aliphatic carbocycles. The van der Waals surface area contributed by atoms with Crippen molar-refractivity contribution in [3.05, 3.63) is 57.9 Å². The Labute approximate surface area is 181 Å². The minimum absolute atomic E-state index is 0.0309. The maximum absolute atomic E-state index is 13.7. The molecule has 164 valence electrons. The molecule has 2 amide bonds. The molecule has 0 radical (unpaired) electrons. The van der Waals surface area contributed by atoms with E-state index in [2.05, 4.69) is 0 Å². The molecule has 0 saturated carbocycles. The summed E-state index contributed by atoms with van der Waals surface area (Å²) >= 11 is 0. The lowest BCUT2D eigenvalue weighted by molar-refractivity contribution is -0.138. The monoisotopic (exact) mass is 423 g/mol. The standard InChI is InChI=1S/C24H29N3O4/c1-16-9-12-31-22(16)24(30)26-14-17-13-18(15-26)21(27-19(17)7-6-8-20(27)28)23(29)25-10-4-2-3-5-11-25/h6-9,12,17-18,21H,2-5,10-11,13-15H2,1H3/t17-,18+,21-/m1/s1. The molecule has 31 heavy (non-hydrogen) atoms. The molecule has 2 saturated heterocycles. The molecular weight excluding hydrogens is 394 g/mol. The number of aromatic nitrogens is 1. The van der Waals surface area contributed by atoms with Crippen molar-refractivity contribution in [2.45, 2.75) is 51.0 Å². The van der Waals surface area contributed by atoms with Crippen LogP contribution in [0.5, 0.6) is 0 Å². The van der Waals surface area contributed by atoms with Crippen LogP contribution in [0.4, 0.5) is 0 Å². The third kappa shape index (κ3) is 3.50. The molecule has 7 heteroatoms. The summed E-state index contributed by atoms with van der Waals surface area (Å²) in [7, 11) is 0. The van der Waals surface area contributed by atoms with E-state index in [0.717, 1.165) is 56.5 Å². The highest BCUT2D eigenvalue weighted by Gasteiger charge is 2.46. The van der Waals surface area contributed by atoms with Crippen molar-refractivity contribution < 1.29 is 14.0 Å². The van der Waals surface area contributed by atoms with Gasteiger partial charge >= 0.3 is 0 Å². The van der Waals surface area contributed by atoms with E-state index in [0.29, 0.717) is 18.8 Å². The number of likely N-dealkylation sites (tertiary alicyclic amines) is 2. The van der Waals surface area contributed by atoms with Gasteiger partial charge in [0.15, 0.2) is 5.76 Å². The molecule has 0 N–H and O–H groups in total. The predicted molar refractivity (Wildman–Crippen MR) is 115 cm³/mol. The van der Waals surface area contributed by atoms with Crippen LogP contribution < -0.4 is 5.56 Å². The van der Waals surface area contributed by atoms with E-state index in [4.69, 9.17) is 4.42 Å². The number of aryl methyl sites for hydroxylation is 1. The number of pyridine rings is 1. The fraction of sp³-hybridized carbons (Fsp3) is 0.542. The highest BCUT2D eigenvalue weighted by molar-refractivity contribution is 5.93. The number of carbonyl (C=O) groups is 2. The van der Waals surface area contributed by atoms with E-state index in [9.17, 15) is 14.4 Å². The zero-order valence-corrected chi connectivity index (χ0v) is 18.0. The number of amides is 2. The van der Waals surface area contributed by atoms with Gasteiger partial charge in [-0.1, -0.05) is 18.9 Å². The van der Waals surface area contributed by atoms with Crippen LogP contribution in [-0.2, 0) is 4.79 Å². The van der Waals surface area contributed by atoms with Crippen LogP contribution in [0.3, 0.4) is 0 Å². The number of rotatable bonds is 2. The fourth-order valence-electron chi connectivity index (χ4n) is 5.63. The van der Waals surface area contributed by atoms with Gasteiger partial charge in [0.05, 0.1) is 6.26 Å². The predicted octanol–water partition coefficient (Wildman–Crippen LogP) is 2.95. The van der Waals surface area contributed by atoms with Gasteiger partial charge in [0.2, 0.25) is 5.91 Å². The Morgan fingerprint density at radius 1 is 1.00 bits per heavy atom. The second-order valence-corrected chi connectivity index (χ2v) is 9.18. The summed E-state index contributed by atoms with van der Waals surface area (Å²) in [5.41, 5.74) is 1.56. The Balaban J connectivity index is 1.51. The normalized spacial score (nSPS) is 25.6. The lowest BCUT2D eigenvalue weighted by Crippen LogP contribution is -2.55. The number of piperidine rings is 1. The van der Waals surface area contributed by atoms with Crippen molar-refractivity contribution in [3.63, 3.8) is 0 Å². The molecule has 3 atom stereocenters. The van der Waals surface area contributed by atoms with Gasteiger partial charge in [0.25, 0.3) is 11.5 Å². The summed E-state index contributed by atoms with van der Waals surface area (Å²) in [6, 6.07) is 6.49. The van der Waals surface area contributed by atoms with Crippen LogP contribution in [-0.4, -0.2) is 52.4 Å². The molecule has 5 heterocycles. The van der Waals surface area contributed by atoms with Crippen LogP contribution in [0.1, 0.15) is 65.9 Å². The van der Waals surface area contributed by atoms with Crippen molar-refractivity contribution in [1.82, 2.24) is 14.4 Å². The average Bonchev–Trinajstić information content (AvgIpc) is 3.02. The third-order valence-corrected chi connectivity index (χ3v) is 7.16. The Morgan fingerprint density at radius 3 is 2.48 bits per heavy atom. The molecule has 5 rings (SSSR count). The summed E-state index contributed by atoms with van der Waals surface area (Å²) in [6.07, 6.45) is 6.64. The van der Waals surface area contributed by atoms with Crippen molar-refractivity contribution in [2.75, 3.05) is 26.2 Å². The largest absolute Gasteiger partial charge is 0.459 e. The van der Waals surface area contributed by atoms with E-state index in [-0.39, 0.29) is 29.2 Å². The van der Waals surface area contributed by atoms with Crippen LogP contribution in [0.15, 0.2) is 39.7 Å². The minimum atomic E-state index is -0.550. The van der Waals surface area contributed by atoms with E-state index in [1.807, 2.05) is 22.8 Å². The van der Waals surface area contributed by atoms with Crippen LogP contribution in [0, 0.1) is 12.8 Å². The highest BCUT2D eigenvalue weighted by atomic mass is 16.3. The van der Waals surface area contributed by atoms with Gasteiger partial charge in [-0.3, -0.25) is 19.0 Å². The lowest BCUT2D eigenvalue weighted by atomic mass is 9.77. The van der Waals surface area contributed by atoms with Gasteiger partial charge in [0, 0.05) is 55.3 Å². The first-order chi connectivity index (χ1) is 15.0. The molecule has 3 aliphatic heterocycles. The molecule has 0 unspecified atom stereocenters. The van der Waals surface area contributed by atoms with Crippen LogP contribution >= 0.6 is 0 Å². The molecule has 2 aromatic heterocycles. The molecular formula is C24H29N3O4.